The van der Waals surface area contributed by atoms with E-state index in [1.807, 2.05) is 24.3 Å². The predicted octanol–water partition coefficient (Wildman–Crippen LogP) is 3.70. The summed E-state index contributed by atoms with van der Waals surface area (Å²) in [4.78, 5) is 9.45. The smallest absolute Gasteiger partial charge is 0.226 e. The minimum atomic E-state index is 0.522. The van der Waals surface area contributed by atoms with Crippen molar-refractivity contribution in [1.29, 1.82) is 0 Å². The summed E-state index contributed by atoms with van der Waals surface area (Å²) in [7, 11) is 6.46. The third kappa shape index (κ3) is 4.60. The number of aromatic nitrogens is 1. The molecule has 170 valence electrons. The van der Waals surface area contributed by atoms with Crippen molar-refractivity contribution in [3.63, 3.8) is 0 Å². The van der Waals surface area contributed by atoms with Gasteiger partial charge in [0.15, 0.2) is 11.5 Å². The number of ether oxygens (including phenoxy) is 4. The van der Waals surface area contributed by atoms with Gasteiger partial charge in [0.1, 0.15) is 12.0 Å². The van der Waals surface area contributed by atoms with Crippen LogP contribution in [0.2, 0.25) is 0 Å². The maximum atomic E-state index is 5.77. The molecule has 1 fully saturated rings. The summed E-state index contributed by atoms with van der Waals surface area (Å²) >= 11 is 0. The zero-order chi connectivity index (χ0) is 22.5. The molecule has 8 nitrogen and oxygen atoms in total. The zero-order valence-electron chi connectivity index (χ0n) is 19.0. The van der Waals surface area contributed by atoms with Crippen LogP contribution in [0.25, 0.3) is 11.5 Å². The Morgan fingerprint density at radius 1 is 0.875 bits per heavy atom. The Kier molecular flexibility index (Phi) is 6.70. The van der Waals surface area contributed by atoms with Crippen molar-refractivity contribution < 1.29 is 23.4 Å². The largest absolute Gasteiger partial charge is 0.497 e. The lowest BCUT2D eigenvalue weighted by molar-refractivity contribution is 0.247. The summed E-state index contributed by atoms with van der Waals surface area (Å²) in [6, 6.07) is 11.9. The van der Waals surface area contributed by atoms with Crippen LogP contribution in [0.1, 0.15) is 5.69 Å². The van der Waals surface area contributed by atoms with Crippen LogP contribution in [0.4, 0.5) is 5.69 Å². The lowest BCUT2D eigenvalue weighted by Gasteiger charge is -2.35. The number of hydrogen-bond acceptors (Lipinski definition) is 8. The van der Waals surface area contributed by atoms with Crippen molar-refractivity contribution >= 4 is 5.69 Å². The number of nitrogens with zero attached hydrogens (tertiary/aromatic N) is 3. The van der Waals surface area contributed by atoms with Crippen LogP contribution in [-0.2, 0) is 6.54 Å². The van der Waals surface area contributed by atoms with E-state index in [-0.39, 0.29) is 0 Å². The van der Waals surface area contributed by atoms with Crippen molar-refractivity contribution in [1.82, 2.24) is 9.88 Å². The first-order valence-corrected chi connectivity index (χ1v) is 10.5. The first-order chi connectivity index (χ1) is 15.6. The van der Waals surface area contributed by atoms with Gasteiger partial charge in [-0.25, -0.2) is 4.98 Å². The van der Waals surface area contributed by atoms with E-state index >= 15 is 0 Å². The molecule has 8 heteroatoms. The van der Waals surface area contributed by atoms with Gasteiger partial charge >= 0.3 is 0 Å². The molecular formula is C24H29N3O5. The molecule has 2 heterocycles. The van der Waals surface area contributed by atoms with Crippen LogP contribution in [0, 0.1) is 0 Å². The second kappa shape index (κ2) is 9.82. The minimum absolute atomic E-state index is 0.522. The Morgan fingerprint density at radius 3 is 2.22 bits per heavy atom. The zero-order valence-corrected chi connectivity index (χ0v) is 19.0. The predicted molar refractivity (Wildman–Crippen MR) is 122 cm³/mol. The average Bonchev–Trinajstić information content (AvgIpc) is 3.32. The molecule has 0 aliphatic carbocycles. The van der Waals surface area contributed by atoms with Crippen molar-refractivity contribution in [3.05, 3.63) is 48.4 Å². The van der Waals surface area contributed by atoms with E-state index in [2.05, 4.69) is 21.9 Å². The number of benzene rings is 2. The fraction of sp³-hybridized carbons (Fsp3) is 0.375. The van der Waals surface area contributed by atoms with Crippen LogP contribution in [0.3, 0.4) is 0 Å². The molecule has 1 aliphatic rings. The van der Waals surface area contributed by atoms with Gasteiger partial charge in [0.2, 0.25) is 11.6 Å². The number of piperazine rings is 1. The van der Waals surface area contributed by atoms with Crippen molar-refractivity contribution in [2.45, 2.75) is 6.54 Å². The van der Waals surface area contributed by atoms with E-state index in [4.69, 9.17) is 28.3 Å². The number of rotatable bonds is 8. The molecule has 0 atom stereocenters. The maximum Gasteiger partial charge on any atom is 0.226 e. The molecular weight excluding hydrogens is 410 g/mol. The minimum Gasteiger partial charge on any atom is -0.497 e. The molecule has 0 spiro atoms. The fourth-order valence-electron chi connectivity index (χ4n) is 3.92. The molecule has 1 aromatic heterocycles. The second-order valence-electron chi connectivity index (χ2n) is 7.52. The lowest BCUT2D eigenvalue weighted by Crippen LogP contribution is -2.46. The monoisotopic (exact) mass is 439 g/mol. The van der Waals surface area contributed by atoms with E-state index < -0.39 is 0 Å². The highest BCUT2D eigenvalue weighted by Gasteiger charge is 2.20. The highest BCUT2D eigenvalue weighted by atomic mass is 16.5. The van der Waals surface area contributed by atoms with Crippen LogP contribution in [-0.4, -0.2) is 64.5 Å². The summed E-state index contributed by atoms with van der Waals surface area (Å²) in [5.41, 5.74) is 2.85. The molecule has 1 aliphatic heterocycles. The second-order valence-corrected chi connectivity index (χ2v) is 7.52. The first-order valence-electron chi connectivity index (χ1n) is 10.5. The molecule has 0 radical (unpaired) electrons. The molecule has 32 heavy (non-hydrogen) atoms. The van der Waals surface area contributed by atoms with E-state index in [9.17, 15) is 0 Å². The Bertz CT molecular complexity index is 1020. The highest BCUT2D eigenvalue weighted by Crippen LogP contribution is 2.41. The maximum absolute atomic E-state index is 5.77. The normalized spacial score (nSPS) is 14.3. The van der Waals surface area contributed by atoms with Gasteiger partial charge in [-0.2, -0.15) is 0 Å². The molecule has 1 saturated heterocycles. The van der Waals surface area contributed by atoms with Crippen LogP contribution >= 0.6 is 0 Å². The molecule has 3 aromatic rings. The van der Waals surface area contributed by atoms with Gasteiger partial charge in [-0.15, -0.1) is 0 Å². The highest BCUT2D eigenvalue weighted by molar-refractivity contribution is 5.66. The standard InChI is InChI=1S/C24H29N3O5/c1-28-20-7-5-6-19(14-20)27-10-8-26(9-11-27)15-18-16-32-24(25-18)17-12-21(29-2)23(31-4)22(13-17)30-3/h5-7,12-14,16H,8-11,15H2,1-4H3. The summed E-state index contributed by atoms with van der Waals surface area (Å²) in [5.74, 6) is 3.08. The summed E-state index contributed by atoms with van der Waals surface area (Å²) in [6.07, 6.45) is 1.72. The Morgan fingerprint density at radius 2 is 1.59 bits per heavy atom. The molecule has 0 unspecified atom stereocenters. The van der Waals surface area contributed by atoms with Crippen LogP contribution < -0.4 is 23.8 Å². The summed E-state index contributed by atoms with van der Waals surface area (Å²) in [6.45, 7) is 4.53. The Labute approximate surface area is 188 Å². The topological polar surface area (TPSA) is 69.4 Å². The van der Waals surface area contributed by atoms with E-state index in [1.54, 1.807) is 34.7 Å². The van der Waals surface area contributed by atoms with Gasteiger partial charge in [-0.05, 0) is 24.3 Å². The Hall–Kier alpha value is -3.39. The van der Waals surface area contributed by atoms with Gasteiger partial charge in [0.25, 0.3) is 0 Å². The average molecular weight is 440 g/mol. The number of anilines is 1. The van der Waals surface area contributed by atoms with Gasteiger partial charge in [-0.3, -0.25) is 4.90 Å². The van der Waals surface area contributed by atoms with E-state index in [0.29, 0.717) is 23.1 Å². The summed E-state index contributed by atoms with van der Waals surface area (Å²) in [5, 5.41) is 0. The molecule has 0 bridgehead atoms. The van der Waals surface area contributed by atoms with Crippen LogP contribution in [0.5, 0.6) is 23.0 Å². The molecule has 2 aromatic carbocycles. The third-order valence-corrected chi connectivity index (χ3v) is 5.64. The van der Waals surface area contributed by atoms with E-state index in [0.717, 1.165) is 49.7 Å². The quantitative estimate of drug-likeness (QED) is 0.526. The van der Waals surface area contributed by atoms with Crippen molar-refractivity contribution in [3.8, 4) is 34.5 Å². The van der Waals surface area contributed by atoms with Gasteiger partial charge in [0.05, 0.1) is 34.1 Å². The van der Waals surface area contributed by atoms with Gasteiger partial charge in [0, 0.05) is 50.0 Å². The third-order valence-electron chi connectivity index (χ3n) is 5.64. The van der Waals surface area contributed by atoms with Gasteiger partial charge in [-0.1, -0.05) is 6.07 Å². The molecule has 0 amide bonds. The molecule has 4 rings (SSSR count). The van der Waals surface area contributed by atoms with E-state index in [1.165, 1.54) is 5.69 Å². The van der Waals surface area contributed by atoms with Crippen molar-refractivity contribution in [2.75, 3.05) is 59.5 Å². The lowest BCUT2D eigenvalue weighted by atomic mass is 10.2. The van der Waals surface area contributed by atoms with Crippen LogP contribution in [0.15, 0.2) is 47.1 Å². The molecule has 0 saturated carbocycles. The number of methoxy groups -OCH3 is 4. The molecule has 0 N–H and O–H groups in total. The number of oxazole rings is 1. The Balaban J connectivity index is 1.41. The SMILES string of the molecule is COc1cccc(N2CCN(Cc3coc(-c4cc(OC)c(OC)c(OC)c4)n3)CC2)c1. The number of hydrogen-bond donors (Lipinski definition) is 0. The fourth-order valence-corrected chi connectivity index (χ4v) is 3.92. The first kappa shape index (κ1) is 21.8. The van der Waals surface area contributed by atoms with Crippen molar-refractivity contribution in [2.24, 2.45) is 0 Å². The van der Waals surface area contributed by atoms with Gasteiger partial charge < -0.3 is 28.3 Å². The summed E-state index contributed by atoms with van der Waals surface area (Å²) < 4.78 is 27.4.